The van der Waals surface area contributed by atoms with Crippen LogP contribution in [0.5, 0.6) is 5.88 Å². The van der Waals surface area contributed by atoms with E-state index in [1.165, 1.54) is 0 Å². The summed E-state index contributed by atoms with van der Waals surface area (Å²) in [4.78, 5) is 8.52. The zero-order valence-corrected chi connectivity index (χ0v) is 17.4. The smallest absolute Gasteiger partial charge is 0.222 e. The number of aromatic nitrogens is 3. The first kappa shape index (κ1) is 18.9. The van der Waals surface area contributed by atoms with Gasteiger partial charge in [-0.25, -0.2) is 9.97 Å². The molecule has 3 aromatic rings. The van der Waals surface area contributed by atoms with Gasteiger partial charge < -0.3 is 14.0 Å². The fourth-order valence-electron chi connectivity index (χ4n) is 2.78. The molecule has 26 heavy (non-hydrogen) atoms. The highest BCUT2D eigenvalue weighted by Crippen LogP contribution is 2.33. The van der Waals surface area contributed by atoms with Crippen molar-refractivity contribution in [3.8, 4) is 17.1 Å². The van der Waals surface area contributed by atoms with Gasteiger partial charge in [0.1, 0.15) is 11.9 Å². The van der Waals surface area contributed by atoms with Crippen molar-refractivity contribution in [1.29, 1.82) is 0 Å². The van der Waals surface area contributed by atoms with Crippen LogP contribution in [0.1, 0.15) is 0 Å². The summed E-state index contributed by atoms with van der Waals surface area (Å²) in [6, 6.07) is 8.95. The van der Waals surface area contributed by atoms with Crippen LogP contribution in [0.3, 0.4) is 0 Å². The Labute approximate surface area is 159 Å². The van der Waals surface area contributed by atoms with E-state index in [0.717, 1.165) is 34.8 Å². The average molecular weight is 390 g/mol. The number of rotatable bonds is 7. The van der Waals surface area contributed by atoms with E-state index >= 15 is 0 Å². The highest BCUT2D eigenvalue weighted by molar-refractivity contribution is 6.76. The van der Waals surface area contributed by atoms with Gasteiger partial charge in [-0.05, 0) is 30.3 Å². The molecule has 3 rings (SSSR count). The summed E-state index contributed by atoms with van der Waals surface area (Å²) in [5, 5.41) is 1.47. The van der Waals surface area contributed by atoms with Gasteiger partial charge in [0.05, 0.1) is 23.9 Å². The van der Waals surface area contributed by atoms with Gasteiger partial charge in [0.2, 0.25) is 5.88 Å². The summed E-state index contributed by atoms with van der Waals surface area (Å²) >= 11 is 6.13. The molecular formula is C19H24ClN3O2Si. The van der Waals surface area contributed by atoms with Crippen LogP contribution in [0.4, 0.5) is 0 Å². The zero-order valence-electron chi connectivity index (χ0n) is 15.6. The second-order valence-electron chi connectivity index (χ2n) is 7.43. The molecule has 0 unspecified atom stereocenters. The Hall–Kier alpha value is -1.89. The quantitative estimate of drug-likeness (QED) is 0.321. The van der Waals surface area contributed by atoms with Crippen LogP contribution in [0, 0.1) is 0 Å². The Morgan fingerprint density at radius 1 is 1.19 bits per heavy atom. The van der Waals surface area contributed by atoms with E-state index in [-0.39, 0.29) is 0 Å². The third kappa shape index (κ3) is 4.26. The first-order valence-electron chi connectivity index (χ1n) is 8.61. The molecule has 7 heteroatoms. The molecule has 0 amide bonds. The van der Waals surface area contributed by atoms with Crippen molar-refractivity contribution in [2.24, 2.45) is 0 Å². The third-order valence-electron chi connectivity index (χ3n) is 4.21. The molecule has 5 nitrogen and oxygen atoms in total. The molecule has 0 atom stereocenters. The molecule has 0 saturated carbocycles. The van der Waals surface area contributed by atoms with Gasteiger partial charge in [-0.1, -0.05) is 31.2 Å². The number of ether oxygens (including phenoxy) is 2. The first-order valence-corrected chi connectivity index (χ1v) is 12.7. The first-order chi connectivity index (χ1) is 12.4. The maximum Gasteiger partial charge on any atom is 0.222 e. The molecule has 0 radical (unpaired) electrons. The van der Waals surface area contributed by atoms with Gasteiger partial charge in [-0.2, -0.15) is 0 Å². The van der Waals surface area contributed by atoms with Crippen LogP contribution in [0.25, 0.3) is 22.2 Å². The molecule has 0 aliphatic carbocycles. The fourth-order valence-corrected chi connectivity index (χ4v) is 3.68. The lowest BCUT2D eigenvalue weighted by Crippen LogP contribution is -2.22. The molecule has 0 bridgehead atoms. The number of nitrogens with zero attached hydrogens (tertiary/aromatic N) is 3. The van der Waals surface area contributed by atoms with Crippen LogP contribution >= 0.6 is 11.6 Å². The fraction of sp³-hybridized carbons (Fsp3) is 0.368. The van der Waals surface area contributed by atoms with Crippen molar-refractivity contribution >= 4 is 30.6 Å². The van der Waals surface area contributed by atoms with E-state index < -0.39 is 8.07 Å². The number of fused-ring (bicyclic) bond motifs is 1. The lowest BCUT2D eigenvalue weighted by atomic mass is 10.2. The summed E-state index contributed by atoms with van der Waals surface area (Å²) in [5.41, 5.74) is 2.87. The topological polar surface area (TPSA) is 49.2 Å². The Balaban J connectivity index is 1.99. The van der Waals surface area contributed by atoms with Gasteiger partial charge in [0.15, 0.2) is 0 Å². The highest BCUT2D eigenvalue weighted by Gasteiger charge is 2.17. The van der Waals surface area contributed by atoms with E-state index in [1.54, 1.807) is 19.5 Å². The van der Waals surface area contributed by atoms with Gasteiger partial charge in [0, 0.05) is 32.5 Å². The molecule has 0 spiro atoms. The summed E-state index contributed by atoms with van der Waals surface area (Å²) in [6.45, 7) is 8.23. The van der Waals surface area contributed by atoms with E-state index in [4.69, 9.17) is 21.1 Å². The molecule has 0 aliphatic rings. The maximum atomic E-state index is 6.13. The van der Waals surface area contributed by atoms with E-state index in [2.05, 4.69) is 40.2 Å². The molecule has 0 fully saturated rings. The van der Waals surface area contributed by atoms with Gasteiger partial charge in [-0.15, -0.1) is 0 Å². The number of hydrogen-bond acceptors (Lipinski definition) is 4. The van der Waals surface area contributed by atoms with Crippen molar-refractivity contribution in [2.75, 3.05) is 13.7 Å². The minimum atomic E-state index is -1.13. The minimum Gasteiger partial charge on any atom is -0.481 e. The molecule has 0 aromatic carbocycles. The van der Waals surface area contributed by atoms with Crippen LogP contribution in [-0.2, 0) is 11.5 Å². The standard InChI is InChI=1S/C19H24ClN3O2Si/c1-24-19-15(6-5-7-21-19)17-10-14-12-22-18(20)11-16(14)23(17)13-25-8-9-26(2,3)4/h5-7,10-12H,8-9,13H2,1-4H3. The van der Waals surface area contributed by atoms with Gasteiger partial charge in [-0.3, -0.25) is 0 Å². The monoisotopic (exact) mass is 389 g/mol. The van der Waals surface area contributed by atoms with E-state index in [1.807, 2.05) is 18.2 Å². The molecule has 0 saturated heterocycles. The number of hydrogen-bond donors (Lipinski definition) is 0. The molecule has 3 heterocycles. The molecule has 0 N–H and O–H groups in total. The lowest BCUT2D eigenvalue weighted by molar-refractivity contribution is 0.0912. The van der Waals surface area contributed by atoms with Crippen molar-refractivity contribution < 1.29 is 9.47 Å². The maximum absolute atomic E-state index is 6.13. The Kier molecular flexibility index (Phi) is 5.65. The van der Waals surface area contributed by atoms with E-state index in [9.17, 15) is 0 Å². The summed E-state index contributed by atoms with van der Waals surface area (Å²) < 4.78 is 13.6. The van der Waals surface area contributed by atoms with Crippen molar-refractivity contribution in [3.05, 3.63) is 41.8 Å². The Bertz CT molecular complexity index is 905. The minimum absolute atomic E-state index is 0.446. The normalized spacial score (nSPS) is 11.9. The van der Waals surface area contributed by atoms with Crippen LogP contribution in [-0.4, -0.2) is 36.3 Å². The van der Waals surface area contributed by atoms with Crippen LogP contribution in [0.15, 0.2) is 36.7 Å². The van der Waals surface area contributed by atoms with Crippen LogP contribution < -0.4 is 4.74 Å². The predicted octanol–water partition coefficient (Wildman–Crippen LogP) is 5.07. The predicted molar refractivity (Wildman–Crippen MR) is 109 cm³/mol. The van der Waals surface area contributed by atoms with Crippen molar-refractivity contribution in [2.45, 2.75) is 32.4 Å². The number of pyridine rings is 2. The van der Waals surface area contributed by atoms with Gasteiger partial charge in [0.25, 0.3) is 0 Å². The Morgan fingerprint density at radius 2 is 2.00 bits per heavy atom. The Morgan fingerprint density at radius 3 is 2.73 bits per heavy atom. The average Bonchev–Trinajstić information content (AvgIpc) is 2.95. The third-order valence-corrected chi connectivity index (χ3v) is 6.12. The van der Waals surface area contributed by atoms with Crippen molar-refractivity contribution in [3.63, 3.8) is 0 Å². The van der Waals surface area contributed by atoms with Gasteiger partial charge >= 0.3 is 0 Å². The zero-order chi connectivity index (χ0) is 18.7. The SMILES string of the molecule is COc1ncccc1-c1cc2cnc(Cl)cc2n1COCC[Si](C)(C)C. The summed E-state index contributed by atoms with van der Waals surface area (Å²) in [5.74, 6) is 0.581. The van der Waals surface area contributed by atoms with Crippen LogP contribution in [0.2, 0.25) is 30.8 Å². The second-order valence-corrected chi connectivity index (χ2v) is 13.4. The number of halogens is 1. The summed E-state index contributed by atoms with van der Waals surface area (Å²) in [6.07, 6.45) is 3.50. The second kappa shape index (κ2) is 7.78. The highest BCUT2D eigenvalue weighted by atomic mass is 35.5. The van der Waals surface area contributed by atoms with E-state index in [0.29, 0.717) is 17.8 Å². The molecule has 138 valence electrons. The van der Waals surface area contributed by atoms with Crippen molar-refractivity contribution in [1.82, 2.24) is 14.5 Å². The molecular weight excluding hydrogens is 366 g/mol. The summed E-state index contributed by atoms with van der Waals surface area (Å²) in [7, 11) is 0.497. The number of methoxy groups -OCH3 is 1. The largest absolute Gasteiger partial charge is 0.481 e. The lowest BCUT2D eigenvalue weighted by Gasteiger charge is -2.17. The molecule has 3 aromatic heterocycles. The molecule has 0 aliphatic heterocycles.